The van der Waals surface area contributed by atoms with Gasteiger partial charge in [0.15, 0.2) is 11.6 Å². The number of allylic oxidation sites excluding steroid dienone is 2. The number of carbonyl (C=O) groups is 2. The Morgan fingerprint density at radius 1 is 1.20 bits per heavy atom. The van der Waals surface area contributed by atoms with Gasteiger partial charge in [-0.3, -0.25) is 9.59 Å². The van der Waals surface area contributed by atoms with Gasteiger partial charge in [-0.25, -0.2) is 0 Å². The number of hydrogen-bond acceptors (Lipinski definition) is 4. The predicted octanol–water partition coefficient (Wildman–Crippen LogP) is 2.73. The Kier molecular flexibility index (Phi) is 3.69. The minimum atomic E-state index is -0.798. The lowest BCUT2D eigenvalue weighted by Gasteiger charge is -2.62. The number of rotatable bonds is 2. The fourth-order valence-corrected chi connectivity index (χ4v) is 6.59. The van der Waals surface area contributed by atoms with Crippen LogP contribution in [0.3, 0.4) is 0 Å². The van der Waals surface area contributed by atoms with Crippen molar-refractivity contribution in [3.8, 4) is 0 Å². The first-order valence-corrected chi connectivity index (χ1v) is 9.57. The van der Waals surface area contributed by atoms with Crippen LogP contribution in [0, 0.1) is 22.7 Å². The summed E-state index contributed by atoms with van der Waals surface area (Å²) in [4.78, 5) is 24.1. The molecule has 0 saturated heterocycles. The SMILES string of the molecule is C[C@]12CCC(=O)C=C1CC[C@H]1[C@@H]3CC=C(C(=O)CO)[C@@]3(C)CC[C@@]12O. The second-order valence-corrected chi connectivity index (χ2v) is 9.00. The number of ketones is 2. The first kappa shape index (κ1) is 17.2. The molecule has 0 bridgehead atoms. The molecule has 4 aliphatic rings. The molecule has 0 aliphatic heterocycles. The molecule has 0 aromatic heterocycles. The smallest absolute Gasteiger partial charge is 0.184 e. The van der Waals surface area contributed by atoms with Crippen molar-refractivity contribution >= 4 is 11.6 Å². The van der Waals surface area contributed by atoms with Crippen molar-refractivity contribution in [3.05, 3.63) is 23.3 Å². The third kappa shape index (κ3) is 2.07. The third-order valence-corrected chi connectivity index (χ3v) is 8.17. The molecular weight excluding hydrogens is 316 g/mol. The van der Waals surface area contributed by atoms with Crippen molar-refractivity contribution in [1.29, 1.82) is 0 Å². The van der Waals surface area contributed by atoms with Crippen LogP contribution in [0.1, 0.15) is 58.8 Å². The molecule has 4 aliphatic carbocycles. The van der Waals surface area contributed by atoms with E-state index in [-0.39, 0.29) is 34.2 Å². The van der Waals surface area contributed by atoms with Crippen molar-refractivity contribution in [2.45, 2.75) is 64.4 Å². The van der Waals surface area contributed by atoms with Crippen molar-refractivity contribution in [2.75, 3.05) is 6.61 Å². The van der Waals surface area contributed by atoms with Crippen molar-refractivity contribution in [1.82, 2.24) is 0 Å². The standard InChI is InChI=1S/C21H28O4/c1-19-9-10-21(25)16(15(19)5-6-17(19)18(24)12-22)4-3-13-11-14(23)7-8-20(13,21)2/h6,11,15-16,22,25H,3-5,7-10,12H2,1-2H3/t15-,16-,19-,20-,21+/m0/s1. The zero-order valence-corrected chi connectivity index (χ0v) is 15.2. The molecule has 5 atom stereocenters. The molecule has 0 unspecified atom stereocenters. The third-order valence-electron chi connectivity index (χ3n) is 8.17. The minimum absolute atomic E-state index is 0.141. The fraction of sp³-hybridized carbons (Fsp3) is 0.714. The first-order chi connectivity index (χ1) is 11.8. The summed E-state index contributed by atoms with van der Waals surface area (Å²) in [5, 5.41) is 21.2. The summed E-state index contributed by atoms with van der Waals surface area (Å²) in [5.41, 5.74) is 0.539. The van der Waals surface area contributed by atoms with Gasteiger partial charge in [0.1, 0.15) is 6.61 Å². The number of carbonyl (C=O) groups excluding carboxylic acids is 2. The molecule has 4 nitrogen and oxygen atoms in total. The Bertz CT molecular complexity index is 705. The topological polar surface area (TPSA) is 74.6 Å². The van der Waals surface area contributed by atoms with E-state index < -0.39 is 12.2 Å². The summed E-state index contributed by atoms with van der Waals surface area (Å²) in [6, 6.07) is 0. The molecular formula is C21H28O4. The number of aliphatic hydroxyl groups excluding tert-OH is 1. The van der Waals surface area contributed by atoms with Crippen LogP contribution in [0.4, 0.5) is 0 Å². The molecule has 2 saturated carbocycles. The van der Waals surface area contributed by atoms with Gasteiger partial charge in [0.05, 0.1) is 5.60 Å². The fourth-order valence-electron chi connectivity index (χ4n) is 6.59. The summed E-state index contributed by atoms with van der Waals surface area (Å²) in [6.07, 6.45) is 9.00. The maximum Gasteiger partial charge on any atom is 0.184 e. The van der Waals surface area contributed by atoms with Crippen LogP contribution in [0.5, 0.6) is 0 Å². The number of Topliss-reactive ketones (excluding diaryl/α,β-unsaturated/α-hetero) is 1. The van der Waals surface area contributed by atoms with Crippen LogP contribution in [0.2, 0.25) is 0 Å². The Morgan fingerprint density at radius 2 is 1.96 bits per heavy atom. The quantitative estimate of drug-likeness (QED) is 0.808. The summed E-state index contributed by atoms with van der Waals surface area (Å²) in [5.74, 6) is 0.407. The van der Waals surface area contributed by atoms with E-state index in [1.54, 1.807) is 6.08 Å². The van der Waals surface area contributed by atoms with Gasteiger partial charge in [-0.2, -0.15) is 0 Å². The molecule has 2 N–H and O–H groups in total. The lowest BCUT2D eigenvalue weighted by molar-refractivity contribution is -0.185. The molecule has 136 valence electrons. The highest BCUT2D eigenvalue weighted by atomic mass is 16.3. The Hall–Kier alpha value is -1.26. The van der Waals surface area contributed by atoms with E-state index in [2.05, 4.69) is 13.8 Å². The maximum atomic E-state index is 12.2. The molecule has 0 radical (unpaired) electrons. The van der Waals surface area contributed by atoms with E-state index in [0.717, 1.165) is 43.3 Å². The summed E-state index contributed by atoms with van der Waals surface area (Å²) < 4.78 is 0. The van der Waals surface area contributed by atoms with Crippen LogP contribution in [0.15, 0.2) is 23.3 Å². The van der Waals surface area contributed by atoms with Gasteiger partial charge in [-0.1, -0.05) is 25.5 Å². The molecule has 0 aromatic rings. The Morgan fingerprint density at radius 3 is 2.68 bits per heavy atom. The average Bonchev–Trinajstić information content (AvgIpc) is 2.93. The first-order valence-electron chi connectivity index (χ1n) is 9.57. The van der Waals surface area contributed by atoms with Gasteiger partial charge < -0.3 is 10.2 Å². The van der Waals surface area contributed by atoms with Gasteiger partial charge in [0.2, 0.25) is 0 Å². The molecule has 0 heterocycles. The van der Waals surface area contributed by atoms with Gasteiger partial charge in [0.25, 0.3) is 0 Å². The highest BCUT2D eigenvalue weighted by Crippen LogP contribution is 2.67. The second kappa shape index (κ2) is 5.37. The molecule has 25 heavy (non-hydrogen) atoms. The normalized spacial score (nSPS) is 45.8. The summed E-state index contributed by atoms with van der Waals surface area (Å²) >= 11 is 0. The molecule has 4 heteroatoms. The zero-order valence-electron chi connectivity index (χ0n) is 15.2. The van der Waals surface area contributed by atoms with Gasteiger partial charge in [-0.15, -0.1) is 0 Å². The van der Waals surface area contributed by atoms with E-state index in [9.17, 15) is 19.8 Å². The van der Waals surface area contributed by atoms with Crippen LogP contribution < -0.4 is 0 Å². The minimum Gasteiger partial charge on any atom is -0.389 e. The largest absolute Gasteiger partial charge is 0.389 e. The summed E-state index contributed by atoms with van der Waals surface area (Å²) in [6.45, 7) is 3.85. The van der Waals surface area contributed by atoms with Gasteiger partial charge in [-0.05, 0) is 67.4 Å². The van der Waals surface area contributed by atoms with Crippen LogP contribution in [-0.2, 0) is 9.59 Å². The van der Waals surface area contributed by atoms with E-state index in [4.69, 9.17) is 0 Å². The van der Waals surface area contributed by atoms with E-state index in [0.29, 0.717) is 12.8 Å². The van der Waals surface area contributed by atoms with Gasteiger partial charge in [0, 0.05) is 11.8 Å². The molecule has 4 rings (SSSR count). The van der Waals surface area contributed by atoms with Crippen molar-refractivity contribution < 1.29 is 19.8 Å². The Labute approximate surface area is 149 Å². The predicted molar refractivity (Wildman–Crippen MR) is 93.7 cm³/mol. The summed E-state index contributed by atoms with van der Waals surface area (Å²) in [7, 11) is 0. The number of fused-ring (bicyclic) bond motifs is 5. The highest BCUT2D eigenvalue weighted by Gasteiger charge is 2.64. The van der Waals surface area contributed by atoms with E-state index in [1.807, 2.05) is 6.08 Å². The van der Waals surface area contributed by atoms with E-state index >= 15 is 0 Å². The number of hydrogen-bond donors (Lipinski definition) is 2. The molecule has 2 fully saturated rings. The highest BCUT2D eigenvalue weighted by molar-refractivity contribution is 5.98. The van der Waals surface area contributed by atoms with Crippen molar-refractivity contribution in [3.63, 3.8) is 0 Å². The van der Waals surface area contributed by atoms with Crippen LogP contribution in [0.25, 0.3) is 0 Å². The monoisotopic (exact) mass is 344 g/mol. The maximum absolute atomic E-state index is 12.2. The Balaban J connectivity index is 1.72. The zero-order chi connectivity index (χ0) is 18.0. The molecule has 0 amide bonds. The average molecular weight is 344 g/mol. The van der Waals surface area contributed by atoms with Crippen LogP contribution in [-0.4, -0.2) is 34.0 Å². The number of aliphatic hydroxyl groups is 2. The lowest BCUT2D eigenvalue weighted by Crippen LogP contribution is -2.63. The molecule has 0 spiro atoms. The van der Waals surface area contributed by atoms with Gasteiger partial charge >= 0.3 is 0 Å². The van der Waals surface area contributed by atoms with E-state index in [1.165, 1.54) is 0 Å². The second-order valence-electron chi connectivity index (χ2n) is 9.00. The van der Waals surface area contributed by atoms with Crippen molar-refractivity contribution in [2.24, 2.45) is 22.7 Å². The lowest BCUT2D eigenvalue weighted by atomic mass is 9.44. The molecule has 0 aromatic carbocycles. The van der Waals surface area contributed by atoms with Crippen LogP contribution >= 0.6 is 0 Å².